The molecule has 31 heavy (non-hydrogen) atoms. The molecule has 2 amide bonds. The fourth-order valence-corrected chi connectivity index (χ4v) is 4.17. The molecular formula is C24H30N4O3. The van der Waals surface area contributed by atoms with Gasteiger partial charge in [0.2, 0.25) is 11.8 Å². The molecule has 0 saturated carbocycles. The second kappa shape index (κ2) is 9.49. The molecule has 0 aliphatic carbocycles. The number of likely N-dealkylation sites (N-methyl/N-ethyl adjacent to an activating group) is 1. The van der Waals surface area contributed by atoms with Gasteiger partial charge in [0.25, 0.3) is 0 Å². The molecule has 2 saturated heterocycles. The number of ether oxygens (including phenoxy) is 1. The Bertz CT molecular complexity index is 940. The number of anilines is 2. The highest BCUT2D eigenvalue weighted by Gasteiger charge is 2.35. The number of piperazine rings is 1. The number of amides is 2. The molecule has 4 rings (SSSR count). The first-order valence-electron chi connectivity index (χ1n) is 10.8. The Morgan fingerprint density at radius 3 is 2.65 bits per heavy atom. The molecule has 2 heterocycles. The van der Waals surface area contributed by atoms with Crippen LogP contribution in [0.25, 0.3) is 0 Å². The SMILES string of the molecule is COc1cccc(N2CC(C(=O)Nc3cccc(CN4CCN(C)CC4)c3)CC2=O)c1. The van der Waals surface area contributed by atoms with E-state index in [-0.39, 0.29) is 24.2 Å². The fourth-order valence-electron chi connectivity index (χ4n) is 4.17. The molecule has 7 heteroatoms. The van der Waals surface area contributed by atoms with Gasteiger partial charge in [0.15, 0.2) is 0 Å². The smallest absolute Gasteiger partial charge is 0.229 e. The summed E-state index contributed by atoms with van der Waals surface area (Å²) in [6.45, 7) is 5.52. The molecule has 1 N–H and O–H groups in total. The molecule has 0 bridgehead atoms. The number of carbonyl (C=O) groups is 2. The molecule has 2 aromatic rings. The monoisotopic (exact) mass is 422 g/mol. The summed E-state index contributed by atoms with van der Waals surface area (Å²) >= 11 is 0. The third kappa shape index (κ3) is 5.24. The molecule has 0 spiro atoms. The van der Waals surface area contributed by atoms with Gasteiger partial charge in [-0.1, -0.05) is 18.2 Å². The van der Waals surface area contributed by atoms with E-state index < -0.39 is 0 Å². The van der Waals surface area contributed by atoms with E-state index in [0.29, 0.717) is 12.3 Å². The lowest BCUT2D eigenvalue weighted by Crippen LogP contribution is -2.43. The lowest BCUT2D eigenvalue weighted by Gasteiger charge is -2.32. The average molecular weight is 423 g/mol. The number of hydrogen-bond donors (Lipinski definition) is 1. The summed E-state index contributed by atoms with van der Waals surface area (Å²) in [5.74, 6) is 0.156. The van der Waals surface area contributed by atoms with E-state index in [1.54, 1.807) is 12.0 Å². The van der Waals surface area contributed by atoms with Crippen LogP contribution in [-0.4, -0.2) is 68.5 Å². The van der Waals surface area contributed by atoms with Gasteiger partial charge in [0, 0.05) is 63.1 Å². The van der Waals surface area contributed by atoms with Gasteiger partial charge in [0.1, 0.15) is 5.75 Å². The predicted octanol–water partition coefficient (Wildman–Crippen LogP) is 2.43. The van der Waals surface area contributed by atoms with Crippen LogP contribution in [0.2, 0.25) is 0 Å². The average Bonchev–Trinajstić information content (AvgIpc) is 3.17. The van der Waals surface area contributed by atoms with Crippen molar-refractivity contribution in [3.63, 3.8) is 0 Å². The lowest BCUT2D eigenvalue weighted by atomic mass is 10.1. The largest absolute Gasteiger partial charge is 0.497 e. The number of methoxy groups -OCH3 is 1. The molecule has 164 valence electrons. The molecule has 1 unspecified atom stereocenters. The van der Waals surface area contributed by atoms with Gasteiger partial charge in [-0.05, 0) is 36.9 Å². The second-order valence-electron chi connectivity index (χ2n) is 8.38. The van der Waals surface area contributed by atoms with Crippen molar-refractivity contribution in [2.75, 3.05) is 57.1 Å². The van der Waals surface area contributed by atoms with E-state index in [1.165, 1.54) is 5.56 Å². The van der Waals surface area contributed by atoms with E-state index in [9.17, 15) is 9.59 Å². The van der Waals surface area contributed by atoms with Crippen LogP contribution < -0.4 is 15.0 Å². The quantitative estimate of drug-likeness (QED) is 0.775. The maximum Gasteiger partial charge on any atom is 0.229 e. The van der Waals surface area contributed by atoms with Crippen LogP contribution >= 0.6 is 0 Å². The molecule has 2 aliphatic heterocycles. The minimum atomic E-state index is -0.375. The molecular weight excluding hydrogens is 392 g/mol. The number of nitrogens with zero attached hydrogens (tertiary/aromatic N) is 3. The highest BCUT2D eigenvalue weighted by molar-refractivity contribution is 6.03. The summed E-state index contributed by atoms with van der Waals surface area (Å²) in [6.07, 6.45) is 0.212. The van der Waals surface area contributed by atoms with E-state index in [2.05, 4.69) is 28.2 Å². The Balaban J connectivity index is 1.36. The summed E-state index contributed by atoms with van der Waals surface area (Å²) in [7, 11) is 3.75. The Hall–Kier alpha value is -2.90. The summed E-state index contributed by atoms with van der Waals surface area (Å²) in [4.78, 5) is 31.8. The third-order valence-electron chi connectivity index (χ3n) is 6.06. The maximum absolute atomic E-state index is 12.9. The van der Waals surface area contributed by atoms with Crippen LogP contribution in [0.3, 0.4) is 0 Å². The first-order valence-corrected chi connectivity index (χ1v) is 10.8. The van der Waals surface area contributed by atoms with Crippen molar-refractivity contribution in [3.8, 4) is 5.75 Å². The molecule has 0 radical (unpaired) electrons. The highest BCUT2D eigenvalue weighted by Crippen LogP contribution is 2.28. The van der Waals surface area contributed by atoms with Crippen molar-refractivity contribution < 1.29 is 14.3 Å². The molecule has 2 fully saturated rings. The normalized spacial score (nSPS) is 20.1. The van der Waals surface area contributed by atoms with Crippen LogP contribution in [0.1, 0.15) is 12.0 Å². The van der Waals surface area contributed by atoms with Crippen molar-refractivity contribution in [2.24, 2.45) is 5.92 Å². The number of carbonyl (C=O) groups excluding carboxylic acids is 2. The van der Waals surface area contributed by atoms with Crippen molar-refractivity contribution in [1.82, 2.24) is 9.80 Å². The first-order chi connectivity index (χ1) is 15.0. The predicted molar refractivity (Wildman–Crippen MR) is 121 cm³/mol. The highest BCUT2D eigenvalue weighted by atomic mass is 16.5. The van der Waals surface area contributed by atoms with Crippen LogP contribution in [0.5, 0.6) is 5.75 Å². The zero-order chi connectivity index (χ0) is 21.8. The molecule has 2 aromatic carbocycles. The Morgan fingerprint density at radius 1 is 1.10 bits per heavy atom. The van der Waals surface area contributed by atoms with Crippen LogP contribution in [0.4, 0.5) is 11.4 Å². The number of rotatable bonds is 6. The van der Waals surface area contributed by atoms with E-state index in [4.69, 9.17) is 4.74 Å². The van der Waals surface area contributed by atoms with Crippen molar-refractivity contribution in [1.29, 1.82) is 0 Å². The molecule has 2 aliphatic rings. The van der Waals surface area contributed by atoms with Crippen molar-refractivity contribution in [3.05, 3.63) is 54.1 Å². The minimum absolute atomic E-state index is 0.0442. The van der Waals surface area contributed by atoms with Gasteiger partial charge in [-0.15, -0.1) is 0 Å². The molecule has 7 nitrogen and oxygen atoms in total. The Kier molecular flexibility index (Phi) is 6.53. The number of hydrogen-bond acceptors (Lipinski definition) is 5. The Morgan fingerprint density at radius 2 is 1.87 bits per heavy atom. The topological polar surface area (TPSA) is 65.1 Å². The van der Waals surface area contributed by atoms with Crippen LogP contribution in [-0.2, 0) is 16.1 Å². The first kappa shape index (κ1) is 21.3. The number of nitrogens with one attached hydrogen (secondary N) is 1. The Labute approximate surface area is 183 Å². The van der Waals surface area contributed by atoms with Gasteiger partial charge in [-0.2, -0.15) is 0 Å². The van der Waals surface area contributed by atoms with Gasteiger partial charge in [-0.25, -0.2) is 0 Å². The van der Waals surface area contributed by atoms with Crippen molar-refractivity contribution in [2.45, 2.75) is 13.0 Å². The van der Waals surface area contributed by atoms with Gasteiger partial charge in [0.05, 0.1) is 13.0 Å². The third-order valence-corrected chi connectivity index (χ3v) is 6.06. The fraction of sp³-hybridized carbons (Fsp3) is 0.417. The lowest BCUT2D eigenvalue weighted by molar-refractivity contribution is -0.122. The van der Waals surface area contributed by atoms with Crippen molar-refractivity contribution >= 4 is 23.2 Å². The number of benzene rings is 2. The minimum Gasteiger partial charge on any atom is -0.497 e. The van der Waals surface area contributed by atoms with Gasteiger partial charge >= 0.3 is 0 Å². The van der Waals surface area contributed by atoms with E-state index in [1.807, 2.05) is 42.5 Å². The summed E-state index contributed by atoms with van der Waals surface area (Å²) in [6, 6.07) is 15.4. The summed E-state index contributed by atoms with van der Waals surface area (Å²) < 4.78 is 5.25. The zero-order valence-electron chi connectivity index (χ0n) is 18.2. The zero-order valence-corrected chi connectivity index (χ0v) is 18.2. The second-order valence-corrected chi connectivity index (χ2v) is 8.38. The molecule has 0 aromatic heterocycles. The molecule has 1 atom stereocenters. The van der Waals surface area contributed by atoms with E-state index in [0.717, 1.165) is 44.1 Å². The van der Waals surface area contributed by atoms with Gasteiger partial charge in [-0.3, -0.25) is 14.5 Å². The standard InChI is InChI=1S/C24H30N4O3/c1-26-9-11-27(12-10-26)16-18-5-3-6-20(13-18)25-24(30)19-14-23(29)28(17-19)21-7-4-8-22(15-21)31-2/h3-8,13,15,19H,9-12,14,16-17H2,1-2H3,(H,25,30). The van der Waals surface area contributed by atoms with Crippen LogP contribution in [0, 0.1) is 5.92 Å². The maximum atomic E-state index is 12.9. The van der Waals surface area contributed by atoms with Crippen LogP contribution in [0.15, 0.2) is 48.5 Å². The summed E-state index contributed by atoms with van der Waals surface area (Å²) in [5, 5.41) is 3.01. The van der Waals surface area contributed by atoms with Gasteiger partial charge < -0.3 is 19.9 Å². The summed E-state index contributed by atoms with van der Waals surface area (Å²) in [5.41, 5.74) is 2.72. The van der Waals surface area contributed by atoms with E-state index >= 15 is 0 Å².